The Balaban J connectivity index is 0.826. The molecule has 5 heterocycles. The van der Waals surface area contributed by atoms with Gasteiger partial charge in [-0.25, -0.2) is 14.8 Å². The molecule has 9 rings (SSSR count). The molecule has 2 aromatic heterocycles. The van der Waals surface area contributed by atoms with Gasteiger partial charge in [-0.05, 0) is 112 Å². The summed E-state index contributed by atoms with van der Waals surface area (Å²) < 4.78 is 67.5. The summed E-state index contributed by atoms with van der Waals surface area (Å²) in [4.78, 5) is 26.9. The summed E-state index contributed by atoms with van der Waals surface area (Å²) in [6.45, 7) is 8.31. The number of likely N-dealkylation sites (tertiary alicyclic amines) is 1. The molecule has 0 radical (unpaired) electrons. The summed E-state index contributed by atoms with van der Waals surface area (Å²) in [5, 5.41) is 52.7. The fraction of sp³-hybridized carbons (Fsp3) is 0.453. The summed E-state index contributed by atoms with van der Waals surface area (Å²) in [7, 11) is 1.58. The Bertz CT molecular complexity index is 2870. The molecule has 4 aromatic carbocycles. The molecule has 390 valence electrons. The number of nitrogens with one attached hydrogen (secondary N) is 3. The lowest BCUT2D eigenvalue weighted by Crippen LogP contribution is -2.47. The lowest BCUT2D eigenvalue weighted by atomic mass is 9.94. The Morgan fingerprint density at radius 1 is 0.849 bits per heavy atom. The van der Waals surface area contributed by atoms with E-state index in [-0.39, 0.29) is 42.3 Å². The van der Waals surface area contributed by atoms with E-state index in [1.807, 2.05) is 30.3 Å². The summed E-state index contributed by atoms with van der Waals surface area (Å²) in [6.07, 6.45) is -3.31. The van der Waals surface area contributed by atoms with E-state index in [2.05, 4.69) is 30.7 Å². The smallest absolute Gasteiger partial charge is 0.416 e. The molecule has 17 nitrogen and oxygen atoms in total. The van der Waals surface area contributed by atoms with E-state index in [1.165, 1.54) is 10.6 Å². The molecule has 6 aromatic rings. The van der Waals surface area contributed by atoms with E-state index >= 15 is 0 Å². The van der Waals surface area contributed by atoms with Crippen LogP contribution in [0.4, 0.5) is 35.2 Å². The minimum atomic E-state index is -4.69. The van der Waals surface area contributed by atoms with Crippen LogP contribution in [-0.2, 0) is 22.3 Å². The molecule has 0 spiro atoms. The van der Waals surface area contributed by atoms with Gasteiger partial charge in [-0.3, -0.25) is 15.2 Å². The molecular formula is C53H63F3N8O9. The third kappa shape index (κ3) is 12.1. The molecule has 3 aliphatic heterocycles. The Morgan fingerprint density at radius 2 is 1.60 bits per heavy atom. The number of alkyl halides is 3. The van der Waals surface area contributed by atoms with Crippen molar-refractivity contribution in [2.75, 3.05) is 68.6 Å². The molecule has 7 N–H and O–H groups in total. The van der Waals surface area contributed by atoms with Crippen LogP contribution in [0.3, 0.4) is 0 Å². The van der Waals surface area contributed by atoms with Crippen LogP contribution >= 0.6 is 0 Å². The second-order valence-electron chi connectivity index (χ2n) is 19.2. The highest BCUT2D eigenvalue weighted by Crippen LogP contribution is 2.44. The number of rotatable bonds is 16. The van der Waals surface area contributed by atoms with Crippen molar-refractivity contribution < 1.29 is 57.3 Å². The van der Waals surface area contributed by atoms with Crippen molar-refractivity contribution in [2.45, 2.75) is 95.8 Å². The van der Waals surface area contributed by atoms with Crippen LogP contribution in [0.15, 0.2) is 78.9 Å². The van der Waals surface area contributed by atoms with Crippen LogP contribution in [0.1, 0.15) is 80.0 Å². The summed E-state index contributed by atoms with van der Waals surface area (Å²) in [5.74, 6) is 2.04. The van der Waals surface area contributed by atoms with Crippen molar-refractivity contribution in [1.82, 2.24) is 24.8 Å². The monoisotopic (exact) mass is 1010 g/mol. The highest BCUT2D eigenvalue weighted by atomic mass is 19.4. The number of aliphatic hydroxyl groups excluding tert-OH is 2. The molecule has 0 unspecified atom stereocenters. The van der Waals surface area contributed by atoms with Crippen LogP contribution in [0.5, 0.6) is 23.3 Å². The maximum atomic E-state index is 14.2. The van der Waals surface area contributed by atoms with Gasteiger partial charge >= 0.3 is 12.3 Å². The Kier molecular flexibility index (Phi) is 15.7. The second-order valence-corrected chi connectivity index (χ2v) is 19.2. The topological polar surface area (TPSA) is 208 Å². The average molecular weight is 1010 g/mol. The van der Waals surface area contributed by atoms with Gasteiger partial charge in [-0.15, -0.1) is 0 Å². The van der Waals surface area contributed by atoms with Crippen molar-refractivity contribution in [2.24, 2.45) is 5.92 Å². The van der Waals surface area contributed by atoms with Crippen molar-refractivity contribution in [3.05, 3.63) is 101 Å². The zero-order valence-corrected chi connectivity index (χ0v) is 41.1. The number of methoxy groups -OCH3 is 1. The minimum absolute atomic E-state index is 0.0515. The van der Waals surface area contributed by atoms with Gasteiger partial charge in [0.1, 0.15) is 43.4 Å². The van der Waals surface area contributed by atoms with E-state index < -0.39 is 42.4 Å². The summed E-state index contributed by atoms with van der Waals surface area (Å²) in [6, 6.07) is 20.2. The van der Waals surface area contributed by atoms with Crippen molar-refractivity contribution in [3.8, 4) is 23.3 Å². The van der Waals surface area contributed by atoms with E-state index in [4.69, 9.17) is 23.9 Å². The van der Waals surface area contributed by atoms with Gasteiger partial charge in [0, 0.05) is 73.4 Å². The summed E-state index contributed by atoms with van der Waals surface area (Å²) >= 11 is 0. The SMILES string of the molecule is COCCOc1cc2c(N[C@H](C)c3cc(NC(=O)OCc4ccccc4)cc(C(F)(F)F)c3)nc(C)nc2cc1OC1CCN(CC2CCN(c3ccc4c(O)n([C@@H]5CC[C@@H](O)N[C@@H]5O)c(O)c4c3)CC2)CC1. The predicted octanol–water partition coefficient (Wildman–Crippen LogP) is 8.59. The third-order valence-corrected chi connectivity index (χ3v) is 14.1. The first kappa shape index (κ1) is 51.3. The maximum Gasteiger partial charge on any atom is 0.416 e. The standard InChI is InChI=1S/C53H63F3N8O9/c1-31(35-23-36(53(54,55)56)25-37(24-35)60-52(69)72-30-34-7-5-4-6-8-34)57-48-42-27-45(71-22-21-70-3)46(28-43(42)58-32(2)59-48)73-39-15-17-62(18-16-39)29-33-13-19-63(20-14-33)38-9-10-40-41(26-38)51(68)64(50(40)67)44-11-12-47(65)61-49(44)66/h4-10,23-28,31,33,39,44,47,49,61,65-68H,11-22,29-30H2,1-3H3,(H,60,69)(H,57,58,59)/t31-,44-,47-,49-/m1/s1. The average Bonchev–Trinajstić information content (AvgIpc) is 3.61. The minimum Gasteiger partial charge on any atom is -0.494 e. The number of hydrogen-bond acceptors (Lipinski definition) is 15. The molecule has 73 heavy (non-hydrogen) atoms. The second kappa shape index (κ2) is 22.3. The quantitative estimate of drug-likeness (QED) is 0.0453. The van der Waals surface area contributed by atoms with Crippen molar-refractivity contribution >= 4 is 45.0 Å². The number of carbonyl (C=O) groups is 1. The van der Waals surface area contributed by atoms with Crippen molar-refractivity contribution in [1.29, 1.82) is 0 Å². The first-order chi connectivity index (χ1) is 35.1. The molecule has 4 atom stereocenters. The third-order valence-electron chi connectivity index (χ3n) is 14.1. The van der Waals surface area contributed by atoms with Crippen LogP contribution < -0.4 is 30.3 Å². The van der Waals surface area contributed by atoms with Gasteiger partial charge in [0.15, 0.2) is 11.5 Å². The molecule has 0 bridgehead atoms. The van der Waals surface area contributed by atoms with Crippen LogP contribution in [-0.4, -0.2) is 118 Å². The molecule has 3 aliphatic rings. The van der Waals surface area contributed by atoms with E-state index in [9.17, 15) is 38.4 Å². The first-order valence-corrected chi connectivity index (χ1v) is 24.8. The number of aryl methyl sites for hydroxylation is 1. The predicted molar refractivity (Wildman–Crippen MR) is 269 cm³/mol. The largest absolute Gasteiger partial charge is 0.494 e. The lowest BCUT2D eigenvalue weighted by molar-refractivity contribution is -0.137. The van der Waals surface area contributed by atoms with Gasteiger partial charge in [0.2, 0.25) is 11.8 Å². The normalized spacial score (nSPS) is 19.8. The molecule has 0 aliphatic carbocycles. The Labute approximate surface area is 420 Å². The zero-order valence-electron chi connectivity index (χ0n) is 41.1. The van der Waals surface area contributed by atoms with Gasteiger partial charge in [-0.2, -0.15) is 13.2 Å². The lowest BCUT2D eigenvalue weighted by Gasteiger charge is -2.38. The molecular weight excluding hydrogens is 950 g/mol. The Morgan fingerprint density at radius 3 is 2.33 bits per heavy atom. The van der Waals surface area contributed by atoms with Crippen LogP contribution in [0.25, 0.3) is 21.7 Å². The number of amides is 1. The van der Waals surface area contributed by atoms with Crippen molar-refractivity contribution in [3.63, 3.8) is 0 Å². The number of aliphatic hydroxyl groups is 2. The number of aromatic hydroxyl groups is 2. The Hall–Kier alpha value is -6.58. The fourth-order valence-corrected chi connectivity index (χ4v) is 10.2. The molecule has 0 saturated carbocycles. The number of ether oxygens (including phenoxy) is 4. The molecule has 1 amide bonds. The zero-order chi connectivity index (χ0) is 51.4. The highest BCUT2D eigenvalue weighted by molar-refractivity contribution is 5.95. The van der Waals surface area contributed by atoms with Gasteiger partial charge in [0.05, 0.1) is 29.8 Å². The van der Waals surface area contributed by atoms with Crippen LogP contribution in [0.2, 0.25) is 0 Å². The number of fused-ring (bicyclic) bond motifs is 2. The van der Waals surface area contributed by atoms with E-state index in [0.717, 1.165) is 81.8 Å². The maximum absolute atomic E-state index is 14.2. The molecule has 20 heteroatoms. The van der Waals surface area contributed by atoms with Gasteiger partial charge < -0.3 is 54.5 Å². The van der Waals surface area contributed by atoms with E-state index in [0.29, 0.717) is 70.2 Å². The molecule has 3 saturated heterocycles. The number of carbonyl (C=O) groups excluding carboxylic acids is 1. The highest BCUT2D eigenvalue weighted by Gasteiger charge is 2.35. The molecule has 3 fully saturated rings. The number of benzene rings is 4. The summed E-state index contributed by atoms with van der Waals surface area (Å²) in [5.41, 5.74) is 1.47. The van der Waals surface area contributed by atoms with E-state index in [1.54, 1.807) is 51.3 Å². The number of anilines is 3. The van der Waals surface area contributed by atoms with Gasteiger partial charge in [0.25, 0.3) is 0 Å². The number of piperidine rings is 3. The first-order valence-electron chi connectivity index (χ1n) is 24.8. The number of nitrogens with zero attached hydrogens (tertiary/aromatic N) is 5. The van der Waals surface area contributed by atoms with Crippen LogP contribution in [0, 0.1) is 12.8 Å². The van der Waals surface area contributed by atoms with Gasteiger partial charge in [-0.1, -0.05) is 30.3 Å². The fourth-order valence-electron chi connectivity index (χ4n) is 10.2. The number of halogens is 3. The number of aromatic nitrogens is 3. The number of hydrogen-bond donors (Lipinski definition) is 7.